The fraction of sp³-hybridized carbons (Fsp3) is 0.901. The van der Waals surface area contributed by atoms with E-state index in [0.29, 0.717) is 25.7 Å². The minimum absolute atomic E-state index is 0.102. The summed E-state index contributed by atoms with van der Waals surface area (Å²) in [7, 11) is -9.93. The summed E-state index contributed by atoms with van der Waals surface area (Å²) >= 11 is 0. The number of phosphoric ester groups is 2. The van der Waals surface area contributed by atoms with Crippen LogP contribution in [0.4, 0.5) is 0 Å². The van der Waals surface area contributed by atoms with Gasteiger partial charge in [0.05, 0.1) is 26.4 Å². The van der Waals surface area contributed by atoms with E-state index in [4.69, 9.17) is 37.0 Å². The van der Waals surface area contributed by atoms with Crippen molar-refractivity contribution in [3.8, 4) is 0 Å². The summed E-state index contributed by atoms with van der Waals surface area (Å²) in [6, 6.07) is 0. The van der Waals surface area contributed by atoms with E-state index in [0.717, 1.165) is 116 Å². The van der Waals surface area contributed by atoms with Gasteiger partial charge in [-0.2, -0.15) is 0 Å². The van der Waals surface area contributed by atoms with Crippen molar-refractivity contribution in [2.45, 2.75) is 431 Å². The molecule has 3 N–H and O–H groups in total. The van der Waals surface area contributed by atoms with Crippen LogP contribution in [0.1, 0.15) is 413 Å². The van der Waals surface area contributed by atoms with Gasteiger partial charge >= 0.3 is 39.5 Å². The van der Waals surface area contributed by atoms with Gasteiger partial charge in [-0.25, -0.2) is 9.13 Å². The fourth-order valence-corrected chi connectivity index (χ4v) is 13.7. The zero-order chi connectivity index (χ0) is 73.2. The van der Waals surface area contributed by atoms with Crippen LogP contribution in [0, 0.1) is 0 Å². The maximum absolute atomic E-state index is 13.1. The van der Waals surface area contributed by atoms with Gasteiger partial charge in [-0.05, 0) is 57.8 Å². The van der Waals surface area contributed by atoms with Gasteiger partial charge in [0.15, 0.2) is 12.2 Å². The summed E-state index contributed by atoms with van der Waals surface area (Å²) in [4.78, 5) is 73.0. The lowest BCUT2D eigenvalue weighted by atomic mass is 10.0. The van der Waals surface area contributed by atoms with Crippen LogP contribution in [0.15, 0.2) is 24.3 Å². The molecule has 0 fully saturated rings. The molecule has 2 unspecified atom stereocenters. The van der Waals surface area contributed by atoms with Gasteiger partial charge in [-0.3, -0.25) is 37.3 Å². The first kappa shape index (κ1) is 97.5. The van der Waals surface area contributed by atoms with Gasteiger partial charge in [-0.1, -0.05) is 354 Å². The molecule has 0 aromatic rings. The third-order valence-electron chi connectivity index (χ3n) is 18.4. The van der Waals surface area contributed by atoms with Gasteiger partial charge in [-0.15, -0.1) is 0 Å². The van der Waals surface area contributed by atoms with Crippen LogP contribution in [0.25, 0.3) is 0 Å². The Bertz CT molecular complexity index is 1990. The predicted octanol–water partition coefficient (Wildman–Crippen LogP) is 24.1. The van der Waals surface area contributed by atoms with E-state index in [1.807, 2.05) is 0 Å². The van der Waals surface area contributed by atoms with Gasteiger partial charge in [0.25, 0.3) is 0 Å². The first-order valence-corrected chi connectivity index (χ1v) is 44.6. The Morgan fingerprint density at radius 3 is 0.760 bits per heavy atom. The Labute approximate surface area is 612 Å². The average Bonchev–Trinajstić information content (AvgIpc) is 0.958. The lowest BCUT2D eigenvalue weighted by molar-refractivity contribution is -0.161. The number of rotatable bonds is 80. The normalized spacial score (nSPS) is 13.9. The van der Waals surface area contributed by atoms with Gasteiger partial charge in [0, 0.05) is 25.7 Å². The van der Waals surface area contributed by atoms with Crippen molar-refractivity contribution in [3.05, 3.63) is 24.3 Å². The number of esters is 4. The summed E-state index contributed by atoms with van der Waals surface area (Å²) in [5, 5.41) is 10.6. The summed E-state index contributed by atoms with van der Waals surface area (Å²) in [6.45, 7) is 4.97. The molecular formula is C81H154O17P2. The zero-order valence-corrected chi connectivity index (χ0v) is 66.5. The van der Waals surface area contributed by atoms with Crippen molar-refractivity contribution >= 4 is 39.5 Å². The topological polar surface area (TPSA) is 237 Å². The van der Waals surface area contributed by atoms with E-state index < -0.39 is 97.5 Å². The van der Waals surface area contributed by atoms with Crippen LogP contribution in [-0.4, -0.2) is 96.7 Å². The van der Waals surface area contributed by atoms with Gasteiger partial charge in [0.2, 0.25) is 0 Å². The summed E-state index contributed by atoms with van der Waals surface area (Å²) < 4.78 is 68.7. The molecule has 5 atom stereocenters. The average molecular weight is 1460 g/mol. The van der Waals surface area contributed by atoms with E-state index in [-0.39, 0.29) is 25.7 Å². The van der Waals surface area contributed by atoms with Crippen molar-refractivity contribution < 1.29 is 80.2 Å². The molecule has 0 rings (SSSR count). The maximum Gasteiger partial charge on any atom is 0.472 e. The molecule has 0 aromatic heterocycles. The van der Waals surface area contributed by atoms with Crippen molar-refractivity contribution in [3.63, 3.8) is 0 Å². The summed E-state index contributed by atoms with van der Waals surface area (Å²) in [5.41, 5.74) is 0. The van der Waals surface area contributed by atoms with E-state index >= 15 is 0 Å². The number of aliphatic hydroxyl groups is 1. The molecule has 0 aliphatic rings. The molecular weight excluding hydrogens is 1310 g/mol. The number of ether oxygens (including phenoxy) is 4. The molecule has 0 aromatic carbocycles. The van der Waals surface area contributed by atoms with Crippen molar-refractivity contribution in [2.75, 3.05) is 39.6 Å². The van der Waals surface area contributed by atoms with Crippen LogP contribution in [-0.2, 0) is 65.4 Å². The number of hydrogen-bond donors (Lipinski definition) is 3. The highest BCUT2D eigenvalue weighted by Crippen LogP contribution is 2.45. The Hall–Kier alpha value is -2.46. The SMILES string of the molecule is CCCCC/C=C\C/C=C\CCCCCCCC(=O)OC[C@H](COP(=O)(O)OC[C@@H](O)COP(=O)(O)OC[C@@H](COC(=O)CCCCCCCCCCCCCCCCC)OC(=O)CCCCCCCCCCCCCCCCCCC)OC(=O)CCCCCCCCCCCCCCC. The molecule has 0 bridgehead atoms. The first-order valence-electron chi connectivity index (χ1n) is 41.6. The second-order valence-electron chi connectivity index (χ2n) is 28.4. The Balaban J connectivity index is 5.29. The van der Waals surface area contributed by atoms with Crippen LogP contribution in [0.2, 0.25) is 0 Å². The molecule has 19 heteroatoms. The second-order valence-corrected chi connectivity index (χ2v) is 31.4. The summed E-state index contributed by atoms with van der Waals surface area (Å²) in [5.74, 6) is -2.13. The highest BCUT2D eigenvalue weighted by molar-refractivity contribution is 7.47. The number of aliphatic hydroxyl groups excluding tert-OH is 1. The molecule has 0 radical (unpaired) electrons. The molecule has 0 heterocycles. The number of allylic oxidation sites excluding steroid dienone is 4. The third kappa shape index (κ3) is 73.8. The second kappa shape index (κ2) is 74.8. The predicted molar refractivity (Wildman–Crippen MR) is 409 cm³/mol. The van der Waals surface area contributed by atoms with E-state index in [1.165, 1.54) is 218 Å². The van der Waals surface area contributed by atoms with Crippen molar-refractivity contribution in [2.24, 2.45) is 0 Å². The fourth-order valence-electron chi connectivity index (χ4n) is 12.1. The van der Waals surface area contributed by atoms with Gasteiger partial charge < -0.3 is 33.8 Å². The molecule has 590 valence electrons. The number of phosphoric acid groups is 2. The van der Waals surface area contributed by atoms with Crippen LogP contribution >= 0.6 is 15.6 Å². The van der Waals surface area contributed by atoms with Crippen LogP contribution in [0.5, 0.6) is 0 Å². The highest BCUT2D eigenvalue weighted by Gasteiger charge is 2.30. The largest absolute Gasteiger partial charge is 0.472 e. The van der Waals surface area contributed by atoms with Gasteiger partial charge in [0.1, 0.15) is 19.3 Å². The highest BCUT2D eigenvalue weighted by atomic mass is 31.2. The molecule has 0 amide bonds. The molecule has 0 aliphatic heterocycles. The maximum atomic E-state index is 13.1. The molecule has 0 spiro atoms. The number of carbonyl (C=O) groups is 4. The standard InChI is InChI=1S/C81H154O17P2/c1-5-9-13-17-21-25-29-33-36-37-40-44-48-52-56-60-64-68-81(86)98-77(72-92-79(84)66-62-58-54-50-46-43-39-35-31-27-23-19-15-11-7-3)74-96-100(89,90)94-70-75(82)69-93-99(87,88)95-73-76(97-80(85)67-63-59-55-51-47-41-32-28-24-20-16-12-8-4)71-91-78(83)65-61-57-53-49-45-42-38-34-30-26-22-18-14-10-6-2/h22,26,34,38,75-77,82H,5-21,23-25,27-33,35-37,39-74H2,1-4H3,(H,87,88)(H,89,90)/b26-22-,38-34-/t75-,76-,77-/m1/s1. The van der Waals surface area contributed by atoms with E-state index in [2.05, 4.69) is 52.0 Å². The number of carbonyl (C=O) groups excluding carboxylic acids is 4. The van der Waals surface area contributed by atoms with Crippen molar-refractivity contribution in [1.29, 1.82) is 0 Å². The van der Waals surface area contributed by atoms with E-state index in [1.54, 1.807) is 0 Å². The Morgan fingerprint density at radius 1 is 0.280 bits per heavy atom. The van der Waals surface area contributed by atoms with Crippen LogP contribution < -0.4 is 0 Å². The first-order chi connectivity index (χ1) is 48.7. The summed E-state index contributed by atoms with van der Waals surface area (Å²) in [6.07, 6.45) is 70.0. The number of hydrogen-bond acceptors (Lipinski definition) is 15. The Morgan fingerprint density at radius 2 is 0.490 bits per heavy atom. The zero-order valence-electron chi connectivity index (χ0n) is 64.7. The molecule has 100 heavy (non-hydrogen) atoms. The lowest BCUT2D eigenvalue weighted by Crippen LogP contribution is -2.30. The van der Waals surface area contributed by atoms with Crippen molar-refractivity contribution in [1.82, 2.24) is 0 Å². The minimum atomic E-state index is -4.97. The number of unbranched alkanes of at least 4 members (excludes halogenated alkanes) is 50. The van der Waals surface area contributed by atoms with E-state index in [9.17, 15) is 43.2 Å². The smallest absolute Gasteiger partial charge is 0.462 e. The monoisotopic (exact) mass is 1460 g/mol. The van der Waals surface area contributed by atoms with Crippen LogP contribution in [0.3, 0.4) is 0 Å². The Kier molecular flexibility index (Phi) is 73.0. The molecule has 17 nitrogen and oxygen atoms in total. The quantitative estimate of drug-likeness (QED) is 0.0169. The molecule has 0 saturated carbocycles. The molecule has 0 saturated heterocycles. The third-order valence-corrected chi connectivity index (χ3v) is 20.4. The minimum Gasteiger partial charge on any atom is -0.462 e. The lowest BCUT2D eigenvalue weighted by Gasteiger charge is -2.21. The molecule has 0 aliphatic carbocycles.